The van der Waals surface area contributed by atoms with Gasteiger partial charge in [-0.3, -0.25) is 19.3 Å². The van der Waals surface area contributed by atoms with Gasteiger partial charge in [0.05, 0.1) is 25.3 Å². The first kappa shape index (κ1) is 29.8. The van der Waals surface area contributed by atoms with E-state index in [2.05, 4.69) is 20.4 Å². The van der Waals surface area contributed by atoms with Crippen LogP contribution in [0.15, 0.2) is 48.5 Å². The molecule has 0 aliphatic carbocycles. The number of hydrogen-bond donors (Lipinski definition) is 2. The number of morpholine rings is 1. The molecule has 0 bridgehead atoms. The average molecular weight is 588 g/mol. The molecular formula is C30H36F3N5O4. The molecule has 3 heterocycles. The highest BCUT2D eigenvalue weighted by atomic mass is 19.4. The summed E-state index contributed by atoms with van der Waals surface area (Å²) < 4.78 is 44.1. The molecule has 9 nitrogen and oxygen atoms in total. The molecule has 12 heteroatoms. The van der Waals surface area contributed by atoms with E-state index >= 15 is 0 Å². The van der Waals surface area contributed by atoms with Crippen molar-refractivity contribution in [3.63, 3.8) is 0 Å². The number of amides is 3. The number of ether oxygens (including phenoxy) is 1. The van der Waals surface area contributed by atoms with Crippen molar-refractivity contribution in [1.29, 1.82) is 0 Å². The van der Waals surface area contributed by atoms with Crippen molar-refractivity contribution < 1.29 is 32.3 Å². The van der Waals surface area contributed by atoms with E-state index in [1.54, 1.807) is 0 Å². The minimum absolute atomic E-state index is 0.0392. The van der Waals surface area contributed by atoms with Gasteiger partial charge in [-0.05, 0) is 61.7 Å². The molecule has 1 atom stereocenters. The summed E-state index contributed by atoms with van der Waals surface area (Å²) in [5, 5.41) is 5.35. The molecule has 2 aromatic rings. The van der Waals surface area contributed by atoms with Crippen LogP contribution in [0.4, 0.5) is 18.9 Å². The van der Waals surface area contributed by atoms with Gasteiger partial charge in [0.15, 0.2) is 0 Å². The highest BCUT2D eigenvalue weighted by molar-refractivity contribution is 5.96. The monoisotopic (exact) mass is 587 g/mol. The Morgan fingerprint density at radius 3 is 2.29 bits per heavy atom. The van der Waals surface area contributed by atoms with Gasteiger partial charge in [0.25, 0.3) is 11.8 Å². The zero-order valence-electron chi connectivity index (χ0n) is 23.4. The van der Waals surface area contributed by atoms with Crippen LogP contribution in [-0.4, -0.2) is 98.6 Å². The Morgan fingerprint density at radius 2 is 1.60 bits per heavy atom. The quantitative estimate of drug-likeness (QED) is 0.518. The normalized spacial score (nSPS) is 20.4. The van der Waals surface area contributed by atoms with E-state index in [0.29, 0.717) is 37.9 Å². The molecule has 42 heavy (non-hydrogen) atoms. The van der Waals surface area contributed by atoms with Crippen molar-refractivity contribution in [1.82, 2.24) is 20.4 Å². The fraction of sp³-hybridized carbons (Fsp3) is 0.500. The summed E-state index contributed by atoms with van der Waals surface area (Å²) in [4.78, 5) is 44.0. The molecule has 2 aromatic carbocycles. The van der Waals surface area contributed by atoms with Gasteiger partial charge in [-0.25, -0.2) is 0 Å². The predicted octanol–water partition coefficient (Wildman–Crippen LogP) is 2.77. The van der Waals surface area contributed by atoms with E-state index in [-0.39, 0.29) is 30.0 Å². The SMILES string of the molecule is O=C(CNC(=O)c1cccc(C(F)(F)F)c1)N[C@@H]1CCN(C2CCN(c3ccc(C(=O)N4CCOCC4)cc3)CC2)C1. The number of anilines is 1. The van der Waals surface area contributed by atoms with Gasteiger partial charge in [0, 0.05) is 68.2 Å². The molecule has 0 spiro atoms. The molecule has 3 saturated heterocycles. The van der Waals surface area contributed by atoms with Gasteiger partial charge >= 0.3 is 6.18 Å². The van der Waals surface area contributed by atoms with Crippen molar-refractivity contribution in [2.45, 2.75) is 37.5 Å². The van der Waals surface area contributed by atoms with Crippen LogP contribution in [0.5, 0.6) is 0 Å². The number of carbonyl (C=O) groups excluding carboxylic acids is 3. The minimum atomic E-state index is -4.55. The second-order valence-electron chi connectivity index (χ2n) is 11.0. The van der Waals surface area contributed by atoms with Crippen LogP contribution >= 0.6 is 0 Å². The largest absolute Gasteiger partial charge is 0.416 e. The van der Waals surface area contributed by atoms with Gasteiger partial charge in [-0.1, -0.05) is 6.07 Å². The minimum Gasteiger partial charge on any atom is -0.378 e. The van der Waals surface area contributed by atoms with E-state index < -0.39 is 17.6 Å². The van der Waals surface area contributed by atoms with Crippen LogP contribution in [0.25, 0.3) is 0 Å². The standard InChI is InChI=1S/C30H36F3N5O4/c31-30(32,33)23-3-1-2-22(18-23)28(40)34-19-27(39)35-24-8-11-38(20-24)26-9-12-36(13-10-26)25-6-4-21(5-7-25)29(41)37-14-16-42-17-15-37/h1-7,18,24,26H,8-17,19-20H2,(H,34,40)(H,35,39)/t24-/m1/s1. The first-order chi connectivity index (χ1) is 20.2. The van der Waals surface area contributed by atoms with Crippen molar-refractivity contribution in [3.05, 3.63) is 65.2 Å². The maximum atomic E-state index is 12.9. The van der Waals surface area contributed by atoms with E-state index in [1.165, 1.54) is 12.1 Å². The Labute approximate surface area is 243 Å². The Balaban J connectivity index is 1.03. The zero-order chi connectivity index (χ0) is 29.7. The number of piperidine rings is 1. The van der Waals surface area contributed by atoms with Gasteiger partial charge < -0.3 is 25.2 Å². The molecule has 5 rings (SSSR count). The Morgan fingerprint density at radius 1 is 0.881 bits per heavy atom. The predicted molar refractivity (Wildman–Crippen MR) is 150 cm³/mol. The van der Waals surface area contributed by atoms with E-state index in [0.717, 1.165) is 63.3 Å². The Hall–Kier alpha value is -3.64. The lowest BCUT2D eigenvalue weighted by Gasteiger charge is -2.38. The van der Waals surface area contributed by atoms with Crippen LogP contribution in [0.3, 0.4) is 0 Å². The van der Waals surface area contributed by atoms with Crippen LogP contribution in [0.2, 0.25) is 0 Å². The third-order valence-electron chi connectivity index (χ3n) is 8.20. The number of halogens is 3. The van der Waals surface area contributed by atoms with E-state index in [4.69, 9.17) is 4.74 Å². The second-order valence-corrected chi connectivity index (χ2v) is 11.0. The topological polar surface area (TPSA) is 94.2 Å². The molecule has 3 aliphatic heterocycles. The number of hydrogen-bond acceptors (Lipinski definition) is 6. The fourth-order valence-electron chi connectivity index (χ4n) is 5.87. The first-order valence-electron chi connectivity index (χ1n) is 14.4. The fourth-order valence-corrected chi connectivity index (χ4v) is 5.87. The molecule has 0 unspecified atom stereocenters. The van der Waals surface area contributed by atoms with Crippen molar-refractivity contribution in [3.8, 4) is 0 Å². The molecular weight excluding hydrogens is 551 g/mol. The van der Waals surface area contributed by atoms with Gasteiger partial charge in [0.1, 0.15) is 0 Å². The number of rotatable bonds is 7. The number of benzene rings is 2. The van der Waals surface area contributed by atoms with Gasteiger partial charge in [-0.15, -0.1) is 0 Å². The van der Waals surface area contributed by atoms with Crippen molar-refractivity contribution in [2.75, 3.05) is 63.9 Å². The lowest BCUT2D eigenvalue weighted by molar-refractivity contribution is -0.137. The summed E-state index contributed by atoms with van der Waals surface area (Å²) >= 11 is 0. The molecule has 0 radical (unpaired) electrons. The molecule has 226 valence electrons. The number of nitrogens with zero attached hydrogens (tertiary/aromatic N) is 3. The molecule has 3 fully saturated rings. The summed E-state index contributed by atoms with van der Waals surface area (Å²) in [5.41, 5.74) is 0.737. The maximum absolute atomic E-state index is 12.9. The summed E-state index contributed by atoms with van der Waals surface area (Å²) in [6.45, 7) is 5.47. The lowest BCUT2D eigenvalue weighted by Crippen LogP contribution is -2.46. The number of likely N-dealkylation sites (tertiary alicyclic amines) is 1. The first-order valence-corrected chi connectivity index (χ1v) is 14.4. The third-order valence-corrected chi connectivity index (χ3v) is 8.20. The summed E-state index contributed by atoms with van der Waals surface area (Å²) in [6.07, 6.45) is -1.77. The van der Waals surface area contributed by atoms with Crippen LogP contribution in [-0.2, 0) is 15.7 Å². The molecule has 3 amide bonds. The van der Waals surface area contributed by atoms with Gasteiger partial charge in [0.2, 0.25) is 5.91 Å². The van der Waals surface area contributed by atoms with Crippen molar-refractivity contribution in [2.24, 2.45) is 0 Å². The molecule has 3 aliphatic rings. The van der Waals surface area contributed by atoms with E-state index in [9.17, 15) is 27.6 Å². The Kier molecular flexibility index (Phi) is 9.32. The molecule has 0 saturated carbocycles. The van der Waals surface area contributed by atoms with Gasteiger partial charge in [-0.2, -0.15) is 13.2 Å². The van der Waals surface area contributed by atoms with Crippen molar-refractivity contribution >= 4 is 23.4 Å². The molecule has 0 aromatic heterocycles. The number of carbonyl (C=O) groups is 3. The summed E-state index contributed by atoms with van der Waals surface area (Å²) in [6, 6.07) is 12.3. The maximum Gasteiger partial charge on any atom is 0.416 e. The highest BCUT2D eigenvalue weighted by Gasteiger charge is 2.32. The molecule has 2 N–H and O–H groups in total. The van der Waals surface area contributed by atoms with Crippen LogP contribution in [0.1, 0.15) is 45.5 Å². The smallest absolute Gasteiger partial charge is 0.378 e. The zero-order valence-corrected chi connectivity index (χ0v) is 23.4. The second kappa shape index (κ2) is 13.1. The summed E-state index contributed by atoms with van der Waals surface area (Å²) in [5.74, 6) is -1.06. The Bertz CT molecular complexity index is 1260. The lowest BCUT2D eigenvalue weighted by atomic mass is 10.0. The summed E-state index contributed by atoms with van der Waals surface area (Å²) in [7, 11) is 0. The van der Waals surface area contributed by atoms with Crippen LogP contribution in [0, 0.1) is 0 Å². The van der Waals surface area contributed by atoms with Crippen LogP contribution < -0.4 is 15.5 Å². The number of nitrogens with one attached hydrogen (secondary N) is 2. The third kappa shape index (κ3) is 7.40. The van der Waals surface area contributed by atoms with E-state index in [1.807, 2.05) is 29.2 Å². The highest BCUT2D eigenvalue weighted by Crippen LogP contribution is 2.29. The number of alkyl halides is 3. The average Bonchev–Trinajstić information content (AvgIpc) is 3.48.